The standard InChI is InChI=1S/C11H16N4O2/c1-6-4-7-9(8(5-16)13-6)10-11(17)12-2-3-15(10)14-7/h6,8,13,16H,2-5H2,1H3,(H,12,17). The average molecular weight is 236 g/mol. The summed E-state index contributed by atoms with van der Waals surface area (Å²) in [6.45, 7) is 3.38. The Bertz CT molecular complexity index is 468. The van der Waals surface area contributed by atoms with Crippen LogP contribution in [0.2, 0.25) is 0 Å². The minimum Gasteiger partial charge on any atom is -0.394 e. The van der Waals surface area contributed by atoms with E-state index in [2.05, 4.69) is 22.7 Å². The fourth-order valence-corrected chi connectivity index (χ4v) is 2.72. The van der Waals surface area contributed by atoms with Crippen molar-refractivity contribution < 1.29 is 9.90 Å². The van der Waals surface area contributed by atoms with E-state index in [4.69, 9.17) is 0 Å². The minimum absolute atomic E-state index is 0.0106. The molecule has 2 aliphatic rings. The van der Waals surface area contributed by atoms with Gasteiger partial charge in [-0.05, 0) is 6.92 Å². The quantitative estimate of drug-likeness (QED) is 0.596. The van der Waals surface area contributed by atoms with E-state index in [0.717, 1.165) is 17.7 Å². The molecule has 2 unspecified atom stereocenters. The van der Waals surface area contributed by atoms with Crippen molar-refractivity contribution in [1.82, 2.24) is 20.4 Å². The molecule has 0 saturated carbocycles. The summed E-state index contributed by atoms with van der Waals surface area (Å²) in [5.41, 5.74) is 2.44. The summed E-state index contributed by atoms with van der Waals surface area (Å²) in [6, 6.07) is 0.0982. The van der Waals surface area contributed by atoms with Gasteiger partial charge < -0.3 is 15.7 Å². The van der Waals surface area contributed by atoms with E-state index in [1.807, 2.05) is 0 Å². The molecule has 92 valence electrons. The number of fused-ring (bicyclic) bond motifs is 3. The number of aliphatic hydroxyl groups excluding tert-OH is 1. The van der Waals surface area contributed by atoms with E-state index in [1.54, 1.807) is 4.68 Å². The Morgan fingerprint density at radius 2 is 2.41 bits per heavy atom. The zero-order valence-corrected chi connectivity index (χ0v) is 9.73. The van der Waals surface area contributed by atoms with E-state index in [1.165, 1.54) is 0 Å². The SMILES string of the molecule is CC1Cc2nn3c(c2C(CO)N1)C(=O)NCC3. The van der Waals surface area contributed by atoms with Crippen LogP contribution in [-0.2, 0) is 13.0 Å². The molecule has 3 heterocycles. The molecule has 1 amide bonds. The first-order chi connectivity index (χ1) is 8.20. The highest BCUT2D eigenvalue weighted by Gasteiger charge is 2.34. The van der Waals surface area contributed by atoms with Crippen LogP contribution in [0.15, 0.2) is 0 Å². The lowest BCUT2D eigenvalue weighted by Gasteiger charge is -2.28. The zero-order chi connectivity index (χ0) is 12.0. The summed E-state index contributed by atoms with van der Waals surface area (Å²) < 4.78 is 1.77. The number of amides is 1. The van der Waals surface area contributed by atoms with Crippen LogP contribution in [0.3, 0.4) is 0 Å². The molecule has 3 rings (SSSR count). The summed E-state index contributed by atoms with van der Waals surface area (Å²) in [6.07, 6.45) is 0.805. The maximum absolute atomic E-state index is 11.9. The van der Waals surface area contributed by atoms with Gasteiger partial charge in [0.25, 0.3) is 5.91 Å². The van der Waals surface area contributed by atoms with Crippen molar-refractivity contribution in [2.75, 3.05) is 13.2 Å². The Balaban J connectivity index is 2.13. The predicted octanol–water partition coefficient (Wildman–Crippen LogP) is -0.806. The molecule has 1 aromatic heterocycles. The van der Waals surface area contributed by atoms with Crippen LogP contribution in [0.1, 0.15) is 34.7 Å². The highest BCUT2D eigenvalue weighted by atomic mass is 16.3. The molecule has 2 aliphatic heterocycles. The lowest BCUT2D eigenvalue weighted by atomic mass is 9.94. The first-order valence-corrected chi connectivity index (χ1v) is 5.95. The topological polar surface area (TPSA) is 79.2 Å². The van der Waals surface area contributed by atoms with Crippen molar-refractivity contribution in [3.8, 4) is 0 Å². The van der Waals surface area contributed by atoms with Gasteiger partial charge in [-0.15, -0.1) is 0 Å². The molecule has 1 aromatic rings. The molecule has 0 fully saturated rings. The molecule has 0 aliphatic carbocycles. The number of hydrogen-bond acceptors (Lipinski definition) is 4. The molecule has 0 radical (unpaired) electrons. The number of aromatic nitrogens is 2. The monoisotopic (exact) mass is 236 g/mol. The molecule has 0 bridgehead atoms. The maximum atomic E-state index is 11.9. The van der Waals surface area contributed by atoms with Crippen LogP contribution < -0.4 is 10.6 Å². The Kier molecular flexibility index (Phi) is 2.41. The molecule has 6 nitrogen and oxygen atoms in total. The van der Waals surface area contributed by atoms with Gasteiger partial charge in [0.05, 0.1) is 24.9 Å². The van der Waals surface area contributed by atoms with E-state index in [9.17, 15) is 9.90 Å². The van der Waals surface area contributed by atoms with Crippen molar-refractivity contribution >= 4 is 5.91 Å². The Labute approximate surface area is 99.0 Å². The fraction of sp³-hybridized carbons (Fsp3) is 0.636. The molecule has 3 N–H and O–H groups in total. The number of hydrogen-bond donors (Lipinski definition) is 3. The number of rotatable bonds is 1. The lowest BCUT2D eigenvalue weighted by Crippen LogP contribution is -2.41. The van der Waals surface area contributed by atoms with Crippen LogP contribution in [-0.4, -0.2) is 40.0 Å². The molecule has 17 heavy (non-hydrogen) atoms. The van der Waals surface area contributed by atoms with Crippen LogP contribution in [0, 0.1) is 0 Å². The number of nitrogens with one attached hydrogen (secondary N) is 2. The van der Waals surface area contributed by atoms with Crippen LogP contribution in [0.25, 0.3) is 0 Å². The summed E-state index contributed by atoms with van der Waals surface area (Å²) in [5.74, 6) is -0.0835. The second-order valence-corrected chi connectivity index (χ2v) is 4.70. The first-order valence-electron chi connectivity index (χ1n) is 5.95. The highest BCUT2D eigenvalue weighted by Crippen LogP contribution is 2.29. The van der Waals surface area contributed by atoms with Crippen molar-refractivity contribution in [1.29, 1.82) is 0 Å². The third-order valence-corrected chi connectivity index (χ3v) is 3.41. The van der Waals surface area contributed by atoms with Gasteiger partial charge in [0.1, 0.15) is 5.69 Å². The maximum Gasteiger partial charge on any atom is 0.269 e. The largest absolute Gasteiger partial charge is 0.394 e. The third kappa shape index (κ3) is 1.56. The van der Waals surface area contributed by atoms with E-state index in [0.29, 0.717) is 18.8 Å². The summed E-state index contributed by atoms with van der Waals surface area (Å²) in [4.78, 5) is 11.9. The van der Waals surface area contributed by atoms with Gasteiger partial charge in [-0.1, -0.05) is 0 Å². The first kappa shape index (κ1) is 10.7. The van der Waals surface area contributed by atoms with Gasteiger partial charge in [-0.3, -0.25) is 9.48 Å². The van der Waals surface area contributed by atoms with Crippen molar-refractivity contribution in [3.05, 3.63) is 17.0 Å². The minimum atomic E-state index is -0.179. The van der Waals surface area contributed by atoms with Crippen molar-refractivity contribution in [3.63, 3.8) is 0 Å². The van der Waals surface area contributed by atoms with Gasteiger partial charge in [0.15, 0.2) is 0 Å². The van der Waals surface area contributed by atoms with Gasteiger partial charge >= 0.3 is 0 Å². The second kappa shape index (κ2) is 3.82. The van der Waals surface area contributed by atoms with Crippen molar-refractivity contribution in [2.24, 2.45) is 0 Å². The van der Waals surface area contributed by atoms with Gasteiger partial charge in [-0.25, -0.2) is 0 Å². The van der Waals surface area contributed by atoms with Crippen LogP contribution >= 0.6 is 0 Å². The average Bonchev–Trinajstić information content (AvgIpc) is 2.67. The van der Waals surface area contributed by atoms with Crippen LogP contribution in [0.4, 0.5) is 0 Å². The lowest BCUT2D eigenvalue weighted by molar-refractivity contribution is 0.0921. The number of carbonyl (C=O) groups excluding carboxylic acids is 1. The van der Waals surface area contributed by atoms with E-state index in [-0.39, 0.29) is 24.6 Å². The molecular weight excluding hydrogens is 220 g/mol. The van der Waals surface area contributed by atoms with E-state index >= 15 is 0 Å². The fourth-order valence-electron chi connectivity index (χ4n) is 2.72. The molecule has 2 atom stereocenters. The van der Waals surface area contributed by atoms with Gasteiger partial charge in [0, 0.05) is 24.6 Å². The number of nitrogens with zero attached hydrogens (tertiary/aromatic N) is 2. The van der Waals surface area contributed by atoms with Crippen molar-refractivity contribution in [2.45, 2.75) is 32.0 Å². The van der Waals surface area contributed by atoms with Gasteiger partial charge in [0.2, 0.25) is 0 Å². The normalized spacial score (nSPS) is 27.3. The number of aliphatic hydroxyl groups is 1. The summed E-state index contributed by atoms with van der Waals surface area (Å²) >= 11 is 0. The molecule has 6 heteroatoms. The van der Waals surface area contributed by atoms with E-state index < -0.39 is 0 Å². The third-order valence-electron chi connectivity index (χ3n) is 3.41. The van der Waals surface area contributed by atoms with Crippen LogP contribution in [0.5, 0.6) is 0 Å². The molecule has 0 aromatic carbocycles. The summed E-state index contributed by atoms with van der Waals surface area (Å²) in [5, 5.41) is 20.0. The smallest absolute Gasteiger partial charge is 0.269 e. The summed E-state index contributed by atoms with van der Waals surface area (Å²) in [7, 11) is 0. The Morgan fingerprint density at radius 3 is 3.18 bits per heavy atom. The Hall–Kier alpha value is -1.40. The Morgan fingerprint density at radius 1 is 1.59 bits per heavy atom. The molecular formula is C11H16N4O2. The zero-order valence-electron chi connectivity index (χ0n) is 9.73. The second-order valence-electron chi connectivity index (χ2n) is 4.70. The van der Waals surface area contributed by atoms with Gasteiger partial charge in [-0.2, -0.15) is 5.10 Å². The number of carbonyl (C=O) groups is 1. The molecule has 0 spiro atoms. The highest BCUT2D eigenvalue weighted by molar-refractivity contribution is 5.95. The predicted molar refractivity (Wildman–Crippen MR) is 60.7 cm³/mol. The molecule has 0 saturated heterocycles.